The van der Waals surface area contributed by atoms with Gasteiger partial charge in [-0.05, 0) is 37.5 Å². The molecule has 1 heterocycles. The number of sulfonamides is 1. The van der Waals surface area contributed by atoms with Gasteiger partial charge in [-0.1, -0.05) is 23.2 Å². The topological polar surface area (TPSA) is 63.4 Å². The van der Waals surface area contributed by atoms with Crippen molar-refractivity contribution < 1.29 is 8.42 Å². The summed E-state index contributed by atoms with van der Waals surface area (Å²) in [5.41, 5.74) is 6.14. The van der Waals surface area contributed by atoms with Crippen LogP contribution in [0.3, 0.4) is 0 Å². The Balaban J connectivity index is 2.51. The number of halogens is 2. The van der Waals surface area contributed by atoms with E-state index in [1.54, 1.807) is 0 Å². The third-order valence-electron chi connectivity index (χ3n) is 3.40. The number of nitrogens with zero attached hydrogens (tertiary/aromatic N) is 1. The van der Waals surface area contributed by atoms with E-state index in [2.05, 4.69) is 0 Å². The molecule has 1 aromatic carbocycles. The van der Waals surface area contributed by atoms with Crippen LogP contribution in [0.15, 0.2) is 17.0 Å². The van der Waals surface area contributed by atoms with Crippen LogP contribution in [0.25, 0.3) is 0 Å². The summed E-state index contributed by atoms with van der Waals surface area (Å²) in [4.78, 5) is 0.0905. The quantitative estimate of drug-likeness (QED) is 0.930. The smallest absolute Gasteiger partial charge is 0.244 e. The Bertz CT molecular complexity index is 590. The average molecular weight is 323 g/mol. The number of nitrogens with two attached hydrogens (primary N) is 1. The van der Waals surface area contributed by atoms with Crippen molar-refractivity contribution >= 4 is 33.2 Å². The number of hydrogen-bond donors (Lipinski definition) is 1. The highest BCUT2D eigenvalue weighted by Gasteiger charge is 2.34. The lowest BCUT2D eigenvalue weighted by atomic mass is 10.2. The van der Waals surface area contributed by atoms with Crippen LogP contribution in [0, 0.1) is 0 Å². The molecule has 0 saturated carbocycles. The van der Waals surface area contributed by atoms with E-state index in [9.17, 15) is 8.42 Å². The summed E-state index contributed by atoms with van der Waals surface area (Å²) >= 11 is 12.0. The van der Waals surface area contributed by atoms with Gasteiger partial charge in [0.2, 0.25) is 10.0 Å². The highest BCUT2D eigenvalue weighted by Crippen LogP contribution is 2.33. The predicted octanol–water partition coefficient (Wildman–Crippen LogP) is 2.63. The van der Waals surface area contributed by atoms with Crippen LogP contribution in [0.1, 0.15) is 25.3 Å². The molecule has 2 rings (SSSR count). The molecule has 19 heavy (non-hydrogen) atoms. The standard InChI is InChI=1S/C12H16Cl2N2O2S/c1-8-3-2-4-16(8)19(17,18)12-5-9(7-15)10(13)6-11(12)14/h5-6,8H,2-4,7,15H2,1H3. The Morgan fingerprint density at radius 3 is 2.58 bits per heavy atom. The highest BCUT2D eigenvalue weighted by atomic mass is 35.5. The van der Waals surface area contributed by atoms with E-state index in [4.69, 9.17) is 28.9 Å². The molecule has 0 spiro atoms. The SMILES string of the molecule is CC1CCCN1S(=O)(=O)c1cc(CN)c(Cl)cc1Cl. The Morgan fingerprint density at radius 2 is 2.05 bits per heavy atom. The van der Waals surface area contributed by atoms with Gasteiger partial charge in [0.1, 0.15) is 4.90 Å². The van der Waals surface area contributed by atoms with Crippen molar-refractivity contribution in [2.45, 2.75) is 37.2 Å². The summed E-state index contributed by atoms with van der Waals surface area (Å²) in [5.74, 6) is 0. The van der Waals surface area contributed by atoms with Crippen molar-refractivity contribution in [2.24, 2.45) is 5.73 Å². The maximum Gasteiger partial charge on any atom is 0.244 e. The van der Waals surface area contributed by atoms with Gasteiger partial charge in [-0.25, -0.2) is 8.42 Å². The van der Waals surface area contributed by atoms with E-state index in [1.807, 2.05) is 6.92 Å². The van der Waals surface area contributed by atoms with Gasteiger partial charge in [0, 0.05) is 24.2 Å². The zero-order chi connectivity index (χ0) is 14.2. The molecule has 7 heteroatoms. The molecular weight excluding hydrogens is 307 g/mol. The van der Waals surface area contributed by atoms with Crippen molar-refractivity contribution in [1.29, 1.82) is 0 Å². The molecule has 106 valence electrons. The van der Waals surface area contributed by atoms with Crippen LogP contribution in [-0.4, -0.2) is 25.3 Å². The van der Waals surface area contributed by atoms with Gasteiger partial charge in [-0.2, -0.15) is 4.31 Å². The van der Waals surface area contributed by atoms with Crippen molar-refractivity contribution in [2.75, 3.05) is 6.54 Å². The average Bonchev–Trinajstić information content (AvgIpc) is 2.76. The molecule has 2 N–H and O–H groups in total. The van der Waals surface area contributed by atoms with Crippen LogP contribution in [0.2, 0.25) is 10.0 Å². The van der Waals surface area contributed by atoms with Gasteiger partial charge in [0.05, 0.1) is 5.02 Å². The van der Waals surface area contributed by atoms with Gasteiger partial charge in [-0.15, -0.1) is 0 Å². The van der Waals surface area contributed by atoms with Gasteiger partial charge in [0.25, 0.3) is 0 Å². The minimum Gasteiger partial charge on any atom is -0.326 e. The lowest BCUT2D eigenvalue weighted by Gasteiger charge is -2.22. The lowest BCUT2D eigenvalue weighted by Crippen LogP contribution is -2.33. The fourth-order valence-corrected chi connectivity index (χ4v) is 4.87. The van der Waals surface area contributed by atoms with Crippen LogP contribution in [0.5, 0.6) is 0 Å². The zero-order valence-corrected chi connectivity index (χ0v) is 12.9. The summed E-state index contributed by atoms with van der Waals surface area (Å²) < 4.78 is 26.7. The molecule has 1 saturated heterocycles. The molecule has 1 aromatic rings. The van der Waals surface area contributed by atoms with E-state index < -0.39 is 10.0 Å². The number of rotatable bonds is 3. The first-order valence-corrected chi connectivity index (χ1v) is 8.27. The monoisotopic (exact) mass is 322 g/mol. The molecule has 1 fully saturated rings. The summed E-state index contributed by atoms with van der Waals surface area (Å²) in [6.45, 7) is 2.60. The van der Waals surface area contributed by atoms with Gasteiger partial charge >= 0.3 is 0 Å². The van der Waals surface area contributed by atoms with Crippen LogP contribution < -0.4 is 5.73 Å². The van der Waals surface area contributed by atoms with Crippen molar-refractivity contribution in [3.05, 3.63) is 27.7 Å². The second kappa shape index (κ2) is 5.58. The lowest BCUT2D eigenvalue weighted by molar-refractivity contribution is 0.408. The molecule has 0 amide bonds. The van der Waals surface area contributed by atoms with E-state index in [0.29, 0.717) is 17.1 Å². The molecule has 1 unspecified atom stereocenters. The first-order chi connectivity index (χ1) is 8.87. The largest absolute Gasteiger partial charge is 0.326 e. The first-order valence-electron chi connectivity index (χ1n) is 6.07. The maximum atomic E-state index is 12.6. The van der Waals surface area contributed by atoms with Gasteiger partial charge in [0.15, 0.2) is 0 Å². The normalized spacial score (nSPS) is 20.9. The van der Waals surface area contributed by atoms with Crippen molar-refractivity contribution in [3.8, 4) is 0 Å². The molecule has 4 nitrogen and oxygen atoms in total. The highest BCUT2D eigenvalue weighted by molar-refractivity contribution is 7.89. The third kappa shape index (κ3) is 2.76. The summed E-state index contributed by atoms with van der Waals surface area (Å²) in [6.07, 6.45) is 1.74. The Kier molecular flexibility index (Phi) is 4.42. The fraction of sp³-hybridized carbons (Fsp3) is 0.500. The molecule has 0 bridgehead atoms. The minimum absolute atomic E-state index is 0.00179. The molecule has 0 aromatic heterocycles. The van der Waals surface area contributed by atoms with E-state index >= 15 is 0 Å². The van der Waals surface area contributed by atoms with E-state index in [-0.39, 0.29) is 22.5 Å². The third-order valence-corrected chi connectivity index (χ3v) is 6.23. The Labute approximate surface area is 123 Å². The number of benzene rings is 1. The van der Waals surface area contributed by atoms with Crippen LogP contribution in [0.4, 0.5) is 0 Å². The maximum absolute atomic E-state index is 12.6. The predicted molar refractivity (Wildman–Crippen MR) is 76.9 cm³/mol. The second-order valence-electron chi connectivity index (χ2n) is 4.69. The molecule has 0 aliphatic carbocycles. The van der Waals surface area contributed by atoms with Gasteiger partial charge in [-0.3, -0.25) is 0 Å². The number of hydrogen-bond acceptors (Lipinski definition) is 3. The van der Waals surface area contributed by atoms with E-state index in [1.165, 1.54) is 16.4 Å². The zero-order valence-electron chi connectivity index (χ0n) is 10.6. The molecule has 1 aliphatic rings. The van der Waals surface area contributed by atoms with Crippen LogP contribution in [-0.2, 0) is 16.6 Å². The van der Waals surface area contributed by atoms with Gasteiger partial charge < -0.3 is 5.73 Å². The Morgan fingerprint density at radius 1 is 1.37 bits per heavy atom. The Hall–Kier alpha value is -0.330. The molecule has 1 atom stereocenters. The second-order valence-corrected chi connectivity index (χ2v) is 7.36. The first kappa shape index (κ1) is 15.1. The summed E-state index contributed by atoms with van der Waals surface area (Å²) in [5, 5.41) is 0.530. The summed E-state index contributed by atoms with van der Waals surface area (Å²) in [6, 6.07) is 2.92. The van der Waals surface area contributed by atoms with Crippen molar-refractivity contribution in [3.63, 3.8) is 0 Å². The van der Waals surface area contributed by atoms with E-state index in [0.717, 1.165) is 12.8 Å². The fourth-order valence-electron chi connectivity index (χ4n) is 2.32. The summed E-state index contributed by atoms with van der Waals surface area (Å²) in [7, 11) is -3.58. The molecular formula is C12H16Cl2N2O2S. The molecule has 1 aliphatic heterocycles. The van der Waals surface area contributed by atoms with Crippen LogP contribution >= 0.6 is 23.2 Å². The van der Waals surface area contributed by atoms with Crippen molar-refractivity contribution in [1.82, 2.24) is 4.31 Å². The molecule has 0 radical (unpaired) electrons. The minimum atomic E-state index is -3.58.